The molecule has 0 aromatic heterocycles. The summed E-state index contributed by atoms with van der Waals surface area (Å²) in [6.07, 6.45) is 9.13. The van der Waals surface area contributed by atoms with Crippen LogP contribution in [0.3, 0.4) is 0 Å². The van der Waals surface area contributed by atoms with Crippen molar-refractivity contribution in [2.24, 2.45) is 10.8 Å². The first-order chi connectivity index (χ1) is 11.7. The van der Waals surface area contributed by atoms with Crippen molar-refractivity contribution < 1.29 is 19.1 Å². The van der Waals surface area contributed by atoms with Crippen molar-refractivity contribution in [3.05, 3.63) is 12.8 Å². The molecule has 2 unspecified atom stereocenters. The van der Waals surface area contributed by atoms with Crippen molar-refractivity contribution in [3.63, 3.8) is 0 Å². The Morgan fingerprint density at radius 2 is 1.28 bits per heavy atom. The Morgan fingerprint density at radius 3 is 1.56 bits per heavy atom. The molecule has 0 radical (unpaired) electrons. The van der Waals surface area contributed by atoms with E-state index in [9.17, 15) is 9.59 Å². The second kappa shape index (κ2) is 13.9. The molecular weight excluding hydrogens is 316 g/mol. The van der Waals surface area contributed by atoms with Gasteiger partial charge >= 0.3 is 11.9 Å². The van der Waals surface area contributed by atoms with Gasteiger partial charge in [0.1, 0.15) is 0 Å². The molecule has 0 saturated heterocycles. The monoisotopic (exact) mass is 356 g/mol. The molecule has 0 aliphatic carbocycles. The number of ether oxygens (including phenoxy) is 2. The number of unbranched alkanes of at least 4 members (excludes halogenated alkanes) is 2. The van der Waals surface area contributed by atoms with E-state index >= 15 is 0 Å². The second-order valence-corrected chi connectivity index (χ2v) is 7.10. The average Bonchev–Trinajstić information content (AvgIpc) is 2.63. The first kappa shape index (κ1) is 25.9. The number of carbonyl (C=O) groups excluding carboxylic acids is 2. The molecular formula is C21H40O4. The van der Waals surface area contributed by atoms with Gasteiger partial charge in [-0.2, -0.15) is 0 Å². The molecule has 25 heavy (non-hydrogen) atoms. The standard InChI is InChI=1S/C11H20O2.C10H20O2/c1-5-8-9-11(4,6-2)10(12)13-7-3;1-5-7-8-10(3,6-2)9(11)12-4/h7H,3,5-6,8-9H2,1-2,4H3;5-8H2,1-4H3. The van der Waals surface area contributed by atoms with Gasteiger partial charge in [0.05, 0.1) is 24.2 Å². The van der Waals surface area contributed by atoms with Crippen molar-refractivity contribution in [2.75, 3.05) is 7.11 Å². The molecule has 0 bridgehead atoms. The number of rotatable bonds is 11. The quantitative estimate of drug-likeness (QED) is 0.334. The van der Waals surface area contributed by atoms with E-state index in [1.807, 2.05) is 27.7 Å². The lowest BCUT2D eigenvalue weighted by Gasteiger charge is -2.24. The van der Waals surface area contributed by atoms with E-state index in [-0.39, 0.29) is 22.8 Å². The molecule has 4 nitrogen and oxygen atoms in total. The van der Waals surface area contributed by atoms with Gasteiger partial charge in [0, 0.05) is 0 Å². The van der Waals surface area contributed by atoms with E-state index in [1.165, 1.54) is 13.4 Å². The van der Waals surface area contributed by atoms with E-state index < -0.39 is 0 Å². The lowest BCUT2D eigenvalue weighted by molar-refractivity contribution is -0.152. The largest absolute Gasteiger partial charge is 0.469 e. The van der Waals surface area contributed by atoms with Gasteiger partial charge in [-0.25, -0.2) is 0 Å². The molecule has 0 amide bonds. The summed E-state index contributed by atoms with van der Waals surface area (Å²) in [5.41, 5.74) is -0.588. The Hall–Kier alpha value is -1.32. The summed E-state index contributed by atoms with van der Waals surface area (Å²) in [7, 11) is 1.46. The highest BCUT2D eigenvalue weighted by Gasteiger charge is 2.32. The van der Waals surface area contributed by atoms with Gasteiger partial charge in [0.25, 0.3) is 0 Å². The van der Waals surface area contributed by atoms with Crippen LogP contribution in [-0.2, 0) is 19.1 Å². The maximum Gasteiger partial charge on any atom is 0.316 e. The molecule has 0 aromatic carbocycles. The normalized spacial score (nSPS) is 15.0. The third-order valence-electron chi connectivity index (χ3n) is 5.09. The fourth-order valence-electron chi connectivity index (χ4n) is 2.44. The maximum absolute atomic E-state index is 11.5. The van der Waals surface area contributed by atoms with Crippen LogP contribution in [0.2, 0.25) is 0 Å². The first-order valence-corrected chi connectivity index (χ1v) is 9.61. The van der Waals surface area contributed by atoms with Crippen LogP contribution in [0.15, 0.2) is 12.8 Å². The van der Waals surface area contributed by atoms with Crippen molar-refractivity contribution in [3.8, 4) is 0 Å². The summed E-state index contributed by atoms with van der Waals surface area (Å²) in [6, 6.07) is 0. The minimum atomic E-state index is -0.329. The first-order valence-electron chi connectivity index (χ1n) is 9.61. The number of carbonyl (C=O) groups is 2. The van der Waals surface area contributed by atoms with Gasteiger partial charge in [0.2, 0.25) is 0 Å². The van der Waals surface area contributed by atoms with Crippen LogP contribution in [-0.4, -0.2) is 19.0 Å². The molecule has 0 fully saturated rings. The lowest BCUT2D eigenvalue weighted by atomic mass is 9.82. The Kier molecular flexibility index (Phi) is 14.4. The Balaban J connectivity index is 0. The van der Waals surface area contributed by atoms with Gasteiger partial charge in [-0.05, 0) is 39.5 Å². The van der Waals surface area contributed by atoms with Gasteiger partial charge in [-0.1, -0.05) is 60.0 Å². The fraction of sp³-hybridized carbons (Fsp3) is 0.810. The summed E-state index contributed by atoms with van der Waals surface area (Å²) in [5.74, 6) is -0.225. The molecule has 0 saturated carbocycles. The second-order valence-electron chi connectivity index (χ2n) is 7.10. The van der Waals surface area contributed by atoms with Crippen LogP contribution in [0.5, 0.6) is 0 Å². The van der Waals surface area contributed by atoms with Gasteiger partial charge in [-0.15, -0.1) is 0 Å². The van der Waals surface area contributed by atoms with Crippen molar-refractivity contribution in [2.45, 2.75) is 92.9 Å². The lowest BCUT2D eigenvalue weighted by Crippen LogP contribution is -2.28. The van der Waals surface area contributed by atoms with Crippen LogP contribution in [0.25, 0.3) is 0 Å². The third kappa shape index (κ3) is 9.66. The zero-order valence-electron chi connectivity index (χ0n) is 17.6. The predicted molar refractivity (Wildman–Crippen MR) is 104 cm³/mol. The van der Waals surface area contributed by atoms with Gasteiger partial charge in [-0.3, -0.25) is 9.59 Å². The van der Waals surface area contributed by atoms with E-state index in [0.29, 0.717) is 0 Å². The third-order valence-corrected chi connectivity index (χ3v) is 5.09. The molecule has 2 atom stereocenters. The summed E-state index contributed by atoms with van der Waals surface area (Å²) in [6.45, 7) is 15.6. The highest BCUT2D eigenvalue weighted by Crippen LogP contribution is 2.30. The minimum absolute atomic E-state index is 0.0709. The molecule has 0 aliphatic heterocycles. The number of hydrogen-bond acceptors (Lipinski definition) is 4. The van der Waals surface area contributed by atoms with E-state index in [0.717, 1.165) is 51.4 Å². The Morgan fingerprint density at radius 1 is 0.880 bits per heavy atom. The van der Waals surface area contributed by atoms with Gasteiger partial charge in [0.15, 0.2) is 0 Å². The zero-order valence-corrected chi connectivity index (χ0v) is 17.6. The van der Waals surface area contributed by atoms with E-state index in [2.05, 4.69) is 20.4 Å². The number of hydrogen-bond donors (Lipinski definition) is 0. The molecule has 0 aromatic rings. The summed E-state index contributed by atoms with van der Waals surface area (Å²) in [4.78, 5) is 22.9. The van der Waals surface area contributed by atoms with E-state index in [4.69, 9.17) is 9.47 Å². The van der Waals surface area contributed by atoms with E-state index in [1.54, 1.807) is 0 Å². The molecule has 0 aliphatic rings. The van der Waals surface area contributed by atoms with Crippen molar-refractivity contribution >= 4 is 11.9 Å². The number of esters is 2. The number of methoxy groups -OCH3 is 1. The molecule has 0 N–H and O–H groups in total. The fourth-order valence-corrected chi connectivity index (χ4v) is 2.44. The van der Waals surface area contributed by atoms with Gasteiger partial charge < -0.3 is 9.47 Å². The molecule has 0 rings (SSSR count). The summed E-state index contributed by atoms with van der Waals surface area (Å²) >= 11 is 0. The van der Waals surface area contributed by atoms with Crippen molar-refractivity contribution in [1.29, 1.82) is 0 Å². The van der Waals surface area contributed by atoms with Crippen LogP contribution in [0.1, 0.15) is 92.9 Å². The molecule has 0 spiro atoms. The molecule has 4 heteroatoms. The average molecular weight is 357 g/mol. The molecule has 0 heterocycles. The Bertz CT molecular complexity index is 391. The minimum Gasteiger partial charge on any atom is -0.469 e. The van der Waals surface area contributed by atoms with Crippen molar-refractivity contribution in [1.82, 2.24) is 0 Å². The zero-order chi connectivity index (χ0) is 19.9. The van der Waals surface area contributed by atoms with Crippen LogP contribution in [0.4, 0.5) is 0 Å². The predicted octanol–water partition coefficient (Wildman–Crippen LogP) is 6.05. The highest BCUT2D eigenvalue weighted by molar-refractivity contribution is 5.76. The highest BCUT2D eigenvalue weighted by atomic mass is 16.5. The van der Waals surface area contributed by atoms with Crippen LogP contribution in [0, 0.1) is 10.8 Å². The summed E-state index contributed by atoms with van der Waals surface area (Å²) < 4.78 is 9.58. The summed E-state index contributed by atoms with van der Waals surface area (Å²) in [5, 5.41) is 0. The smallest absolute Gasteiger partial charge is 0.316 e. The Labute approximate surface area is 155 Å². The SMILES string of the molecule is C=COC(=O)C(C)(CC)CCCC.CCCCC(C)(CC)C(=O)OC. The van der Waals surface area contributed by atoms with Crippen LogP contribution >= 0.6 is 0 Å². The maximum atomic E-state index is 11.5. The topological polar surface area (TPSA) is 52.6 Å². The molecule has 148 valence electrons. The van der Waals surface area contributed by atoms with Crippen LogP contribution < -0.4 is 0 Å².